The summed E-state index contributed by atoms with van der Waals surface area (Å²) in [5, 5.41) is 17.8. The zero-order valence-electron chi connectivity index (χ0n) is 15.7. The van der Waals surface area contributed by atoms with E-state index in [2.05, 4.69) is 26.5 Å². The Kier molecular flexibility index (Phi) is 4.20. The van der Waals surface area contributed by atoms with Crippen molar-refractivity contribution >= 4 is 22.7 Å². The van der Waals surface area contributed by atoms with E-state index in [1.165, 1.54) is 0 Å². The third kappa shape index (κ3) is 3.08. The van der Waals surface area contributed by atoms with E-state index < -0.39 is 0 Å². The fraction of sp³-hybridized carbons (Fsp3) is 0.444. The maximum atomic E-state index is 9.50. The number of nitrogens with zero attached hydrogens (tertiary/aromatic N) is 6. The first-order valence-electron chi connectivity index (χ1n) is 8.83. The third-order valence-corrected chi connectivity index (χ3v) is 4.48. The highest BCUT2D eigenvalue weighted by molar-refractivity contribution is 5.79. The molecule has 0 spiro atoms. The molecule has 1 fully saturated rings. The molecule has 2 atom stereocenters. The van der Waals surface area contributed by atoms with Gasteiger partial charge < -0.3 is 19.4 Å². The highest BCUT2D eigenvalue weighted by Gasteiger charge is 2.32. The fourth-order valence-corrected chi connectivity index (χ4v) is 3.13. The molecule has 0 aliphatic carbocycles. The molecule has 4 heterocycles. The first-order chi connectivity index (χ1) is 13.0. The van der Waals surface area contributed by atoms with Crippen LogP contribution in [0.4, 0.5) is 11.6 Å². The normalized spacial score (nSPS) is 19.1. The number of anilines is 2. The standard InChI is InChI=1S/C18H21N7O2/c1-10(2)27-17-14(8-24(4)23-17)21-18-20-7-12-5-13(6-19)25(16(12)22-18)15-9-26-11(15)3/h5,7-8,10-11,15H,9H2,1-4H3,(H,20,21,22)/t11-,15+/m0/s1. The molecule has 1 aliphatic heterocycles. The average Bonchev–Trinajstić information content (AvgIpc) is 3.13. The molecule has 1 aliphatic rings. The molecule has 9 heteroatoms. The first kappa shape index (κ1) is 17.3. The van der Waals surface area contributed by atoms with E-state index in [1.54, 1.807) is 10.9 Å². The number of nitrogens with one attached hydrogen (secondary N) is 1. The summed E-state index contributed by atoms with van der Waals surface area (Å²) in [6.07, 6.45) is 3.57. The maximum Gasteiger partial charge on any atom is 0.257 e. The van der Waals surface area contributed by atoms with Gasteiger partial charge in [0.25, 0.3) is 5.88 Å². The first-order valence-corrected chi connectivity index (χ1v) is 8.83. The summed E-state index contributed by atoms with van der Waals surface area (Å²) in [5.74, 6) is 0.908. The van der Waals surface area contributed by atoms with Gasteiger partial charge in [0.1, 0.15) is 23.1 Å². The van der Waals surface area contributed by atoms with Crippen LogP contribution in [0.15, 0.2) is 18.5 Å². The second-order valence-corrected chi connectivity index (χ2v) is 6.90. The number of nitriles is 1. The fourth-order valence-electron chi connectivity index (χ4n) is 3.13. The molecule has 4 rings (SSSR count). The SMILES string of the molecule is CC(C)Oc1nn(C)cc1Nc1ncc2cc(C#N)n([C@@H]3CO[C@H]3C)c2n1. The van der Waals surface area contributed by atoms with E-state index >= 15 is 0 Å². The second kappa shape index (κ2) is 6.55. The summed E-state index contributed by atoms with van der Waals surface area (Å²) in [5.41, 5.74) is 1.95. The Morgan fingerprint density at radius 1 is 1.44 bits per heavy atom. The summed E-state index contributed by atoms with van der Waals surface area (Å²) in [7, 11) is 1.82. The highest BCUT2D eigenvalue weighted by atomic mass is 16.5. The van der Waals surface area contributed by atoms with Gasteiger partial charge >= 0.3 is 0 Å². The van der Waals surface area contributed by atoms with Crippen LogP contribution in [0.25, 0.3) is 11.0 Å². The predicted molar refractivity (Wildman–Crippen MR) is 98.9 cm³/mol. The second-order valence-electron chi connectivity index (χ2n) is 6.90. The molecule has 0 radical (unpaired) electrons. The van der Waals surface area contributed by atoms with Gasteiger partial charge in [-0.2, -0.15) is 10.2 Å². The Labute approximate surface area is 156 Å². The van der Waals surface area contributed by atoms with Crippen LogP contribution in [0.5, 0.6) is 5.88 Å². The van der Waals surface area contributed by atoms with E-state index in [0.29, 0.717) is 35.5 Å². The van der Waals surface area contributed by atoms with Crippen LogP contribution >= 0.6 is 0 Å². The predicted octanol–water partition coefficient (Wildman–Crippen LogP) is 2.53. The van der Waals surface area contributed by atoms with Crippen molar-refractivity contribution < 1.29 is 9.47 Å². The Morgan fingerprint density at radius 2 is 2.26 bits per heavy atom. The van der Waals surface area contributed by atoms with Crippen LogP contribution in [-0.2, 0) is 11.8 Å². The van der Waals surface area contributed by atoms with Crippen molar-refractivity contribution in [3.8, 4) is 11.9 Å². The third-order valence-electron chi connectivity index (χ3n) is 4.48. The van der Waals surface area contributed by atoms with Gasteiger partial charge in [0.05, 0.1) is 31.1 Å². The van der Waals surface area contributed by atoms with Gasteiger partial charge in [-0.15, -0.1) is 5.10 Å². The largest absolute Gasteiger partial charge is 0.472 e. The molecular weight excluding hydrogens is 346 g/mol. The van der Waals surface area contributed by atoms with E-state index in [0.717, 1.165) is 5.39 Å². The summed E-state index contributed by atoms with van der Waals surface area (Å²) < 4.78 is 14.8. The van der Waals surface area contributed by atoms with Crippen LogP contribution in [0.3, 0.4) is 0 Å². The van der Waals surface area contributed by atoms with E-state index in [9.17, 15) is 5.26 Å². The van der Waals surface area contributed by atoms with Gasteiger partial charge in [-0.05, 0) is 26.8 Å². The van der Waals surface area contributed by atoms with Gasteiger partial charge in [-0.1, -0.05) is 0 Å². The van der Waals surface area contributed by atoms with Crippen molar-refractivity contribution in [2.24, 2.45) is 7.05 Å². The van der Waals surface area contributed by atoms with Crippen molar-refractivity contribution in [2.75, 3.05) is 11.9 Å². The van der Waals surface area contributed by atoms with Crippen LogP contribution < -0.4 is 10.1 Å². The number of hydrogen-bond acceptors (Lipinski definition) is 7. The van der Waals surface area contributed by atoms with Crippen LogP contribution in [0.1, 0.15) is 32.5 Å². The summed E-state index contributed by atoms with van der Waals surface area (Å²) in [6, 6.07) is 4.15. The van der Waals surface area contributed by atoms with Crippen molar-refractivity contribution in [1.29, 1.82) is 5.26 Å². The maximum absolute atomic E-state index is 9.50. The molecule has 1 saturated heterocycles. The molecular formula is C18H21N7O2. The van der Waals surface area contributed by atoms with Crippen LogP contribution in [0.2, 0.25) is 0 Å². The molecule has 0 aromatic carbocycles. The molecule has 0 bridgehead atoms. The molecule has 3 aromatic rings. The number of aryl methyl sites for hydroxylation is 1. The minimum absolute atomic E-state index is 0.000582. The molecule has 1 N–H and O–H groups in total. The molecule has 3 aromatic heterocycles. The van der Waals surface area contributed by atoms with Gasteiger partial charge in [0.2, 0.25) is 5.95 Å². The van der Waals surface area contributed by atoms with Crippen molar-refractivity contribution in [3.05, 3.63) is 24.2 Å². The van der Waals surface area contributed by atoms with E-state index in [-0.39, 0.29) is 18.2 Å². The lowest BCUT2D eigenvalue weighted by molar-refractivity contribution is -0.0918. The smallest absolute Gasteiger partial charge is 0.257 e. The van der Waals surface area contributed by atoms with Gasteiger partial charge in [-0.25, -0.2) is 4.98 Å². The topological polar surface area (TPSA) is 103 Å². The summed E-state index contributed by atoms with van der Waals surface area (Å²) >= 11 is 0. The number of hydrogen-bond donors (Lipinski definition) is 1. The number of ether oxygens (including phenoxy) is 2. The zero-order valence-corrected chi connectivity index (χ0v) is 15.7. The minimum atomic E-state index is -0.000582. The molecule has 0 saturated carbocycles. The van der Waals surface area contributed by atoms with Crippen LogP contribution in [0, 0.1) is 11.3 Å². The molecule has 27 heavy (non-hydrogen) atoms. The zero-order chi connectivity index (χ0) is 19.1. The monoisotopic (exact) mass is 367 g/mol. The molecule has 0 unspecified atom stereocenters. The van der Waals surface area contributed by atoms with Crippen molar-refractivity contribution in [3.63, 3.8) is 0 Å². The lowest BCUT2D eigenvalue weighted by Gasteiger charge is -2.35. The summed E-state index contributed by atoms with van der Waals surface area (Å²) in [6.45, 7) is 6.45. The Bertz CT molecular complexity index is 1030. The Hall–Kier alpha value is -3.12. The molecule has 140 valence electrons. The highest BCUT2D eigenvalue weighted by Crippen LogP contribution is 2.32. The van der Waals surface area contributed by atoms with Gasteiger partial charge in [0, 0.05) is 18.6 Å². The molecule has 9 nitrogen and oxygen atoms in total. The Morgan fingerprint density at radius 3 is 2.89 bits per heavy atom. The van der Waals surface area contributed by atoms with Gasteiger partial charge in [0.15, 0.2) is 0 Å². The molecule has 0 amide bonds. The average molecular weight is 367 g/mol. The van der Waals surface area contributed by atoms with Crippen LogP contribution in [-0.4, -0.2) is 43.1 Å². The van der Waals surface area contributed by atoms with Crippen molar-refractivity contribution in [1.82, 2.24) is 24.3 Å². The van der Waals surface area contributed by atoms with E-state index in [4.69, 9.17) is 9.47 Å². The lowest BCUT2D eigenvalue weighted by atomic mass is 10.1. The minimum Gasteiger partial charge on any atom is -0.472 e. The lowest BCUT2D eigenvalue weighted by Crippen LogP contribution is -2.39. The quantitative estimate of drug-likeness (QED) is 0.739. The van der Waals surface area contributed by atoms with E-state index in [1.807, 2.05) is 44.6 Å². The Balaban J connectivity index is 1.72. The number of fused-ring (bicyclic) bond motifs is 1. The summed E-state index contributed by atoms with van der Waals surface area (Å²) in [4.78, 5) is 9.02. The number of aromatic nitrogens is 5. The van der Waals surface area contributed by atoms with Crippen molar-refractivity contribution in [2.45, 2.75) is 39.0 Å². The van der Waals surface area contributed by atoms with Gasteiger partial charge in [-0.3, -0.25) is 4.68 Å². The number of rotatable bonds is 5.